The van der Waals surface area contributed by atoms with Crippen LogP contribution in [-0.4, -0.2) is 25.0 Å². The standard InChI is InChI=1S/C10H18N2O/c1-3-4-6-11-9-8(2)5-7-12-10(9)13/h3-4,8-9,11H,5-7H2,1-2H3,(H,12,13)/b4-3+. The fourth-order valence-electron chi connectivity index (χ4n) is 1.56. The van der Waals surface area contributed by atoms with Gasteiger partial charge in [0.15, 0.2) is 0 Å². The number of carbonyl (C=O) groups excluding carboxylic acids is 1. The van der Waals surface area contributed by atoms with Gasteiger partial charge in [0.1, 0.15) is 0 Å². The molecule has 0 saturated carbocycles. The molecule has 0 aromatic heterocycles. The van der Waals surface area contributed by atoms with Crippen LogP contribution in [0.5, 0.6) is 0 Å². The third-order valence-electron chi connectivity index (χ3n) is 2.44. The van der Waals surface area contributed by atoms with Crippen molar-refractivity contribution in [1.29, 1.82) is 0 Å². The topological polar surface area (TPSA) is 41.1 Å². The van der Waals surface area contributed by atoms with Crippen LogP contribution >= 0.6 is 0 Å². The molecule has 0 aromatic carbocycles. The number of hydrogen-bond acceptors (Lipinski definition) is 2. The second-order valence-corrected chi connectivity index (χ2v) is 3.51. The summed E-state index contributed by atoms with van der Waals surface area (Å²) < 4.78 is 0. The zero-order chi connectivity index (χ0) is 9.68. The first kappa shape index (κ1) is 10.3. The van der Waals surface area contributed by atoms with E-state index < -0.39 is 0 Å². The first-order valence-electron chi connectivity index (χ1n) is 4.88. The van der Waals surface area contributed by atoms with Gasteiger partial charge in [0.2, 0.25) is 5.91 Å². The van der Waals surface area contributed by atoms with Crippen molar-refractivity contribution in [1.82, 2.24) is 10.6 Å². The molecular weight excluding hydrogens is 164 g/mol. The number of amides is 1. The van der Waals surface area contributed by atoms with Crippen LogP contribution in [-0.2, 0) is 4.79 Å². The maximum Gasteiger partial charge on any atom is 0.237 e. The summed E-state index contributed by atoms with van der Waals surface area (Å²) in [7, 11) is 0. The van der Waals surface area contributed by atoms with Gasteiger partial charge in [-0.25, -0.2) is 0 Å². The molecule has 74 valence electrons. The molecule has 1 aliphatic rings. The summed E-state index contributed by atoms with van der Waals surface area (Å²) in [6, 6.07) is -0.00931. The van der Waals surface area contributed by atoms with Gasteiger partial charge in [0.25, 0.3) is 0 Å². The molecule has 13 heavy (non-hydrogen) atoms. The van der Waals surface area contributed by atoms with Crippen molar-refractivity contribution in [3.05, 3.63) is 12.2 Å². The second-order valence-electron chi connectivity index (χ2n) is 3.51. The predicted molar refractivity (Wildman–Crippen MR) is 53.4 cm³/mol. The summed E-state index contributed by atoms with van der Waals surface area (Å²) >= 11 is 0. The van der Waals surface area contributed by atoms with Crippen molar-refractivity contribution in [3.63, 3.8) is 0 Å². The van der Waals surface area contributed by atoms with Gasteiger partial charge in [-0.05, 0) is 19.3 Å². The maximum absolute atomic E-state index is 11.4. The molecule has 0 aromatic rings. The quantitative estimate of drug-likeness (QED) is 0.630. The lowest BCUT2D eigenvalue weighted by molar-refractivity contribution is -0.125. The molecule has 1 saturated heterocycles. The Kier molecular flexibility index (Phi) is 3.96. The highest BCUT2D eigenvalue weighted by atomic mass is 16.2. The van der Waals surface area contributed by atoms with Gasteiger partial charge in [-0.15, -0.1) is 0 Å². The van der Waals surface area contributed by atoms with Crippen molar-refractivity contribution >= 4 is 5.91 Å². The van der Waals surface area contributed by atoms with E-state index in [-0.39, 0.29) is 11.9 Å². The minimum Gasteiger partial charge on any atom is -0.355 e. The van der Waals surface area contributed by atoms with E-state index in [1.165, 1.54) is 0 Å². The van der Waals surface area contributed by atoms with Crippen LogP contribution in [0.4, 0.5) is 0 Å². The Morgan fingerprint density at radius 2 is 2.46 bits per heavy atom. The lowest BCUT2D eigenvalue weighted by atomic mass is 9.94. The largest absolute Gasteiger partial charge is 0.355 e. The van der Waals surface area contributed by atoms with E-state index in [4.69, 9.17) is 0 Å². The molecule has 2 atom stereocenters. The fourth-order valence-corrected chi connectivity index (χ4v) is 1.56. The van der Waals surface area contributed by atoms with Crippen molar-refractivity contribution in [2.45, 2.75) is 26.3 Å². The summed E-state index contributed by atoms with van der Waals surface area (Å²) in [5.41, 5.74) is 0. The Balaban J connectivity index is 2.39. The minimum absolute atomic E-state index is 0.00931. The molecule has 1 heterocycles. The van der Waals surface area contributed by atoms with Crippen LogP contribution in [0, 0.1) is 5.92 Å². The summed E-state index contributed by atoms with van der Waals surface area (Å²) in [6.45, 7) is 5.69. The summed E-state index contributed by atoms with van der Waals surface area (Å²) in [5.74, 6) is 0.585. The molecule has 2 N–H and O–H groups in total. The first-order valence-corrected chi connectivity index (χ1v) is 4.88. The third kappa shape index (κ3) is 2.84. The van der Waals surface area contributed by atoms with E-state index in [9.17, 15) is 4.79 Å². The van der Waals surface area contributed by atoms with Gasteiger partial charge in [0, 0.05) is 13.1 Å². The Morgan fingerprint density at radius 1 is 1.69 bits per heavy atom. The van der Waals surface area contributed by atoms with E-state index in [0.29, 0.717) is 5.92 Å². The summed E-state index contributed by atoms with van der Waals surface area (Å²) in [5, 5.41) is 6.09. The Bertz CT molecular complexity index is 201. The summed E-state index contributed by atoms with van der Waals surface area (Å²) in [6.07, 6.45) is 5.08. The van der Waals surface area contributed by atoms with Crippen molar-refractivity contribution in [3.8, 4) is 0 Å². The Morgan fingerprint density at radius 3 is 3.08 bits per heavy atom. The van der Waals surface area contributed by atoms with Gasteiger partial charge in [-0.1, -0.05) is 19.1 Å². The lowest BCUT2D eigenvalue weighted by Gasteiger charge is -2.28. The number of piperidine rings is 1. The first-order chi connectivity index (χ1) is 6.25. The van der Waals surface area contributed by atoms with Crippen LogP contribution in [0.25, 0.3) is 0 Å². The summed E-state index contributed by atoms with van der Waals surface area (Å²) in [4.78, 5) is 11.4. The van der Waals surface area contributed by atoms with Crippen molar-refractivity contribution < 1.29 is 4.79 Å². The number of rotatable bonds is 3. The van der Waals surface area contributed by atoms with Crippen LogP contribution in [0.1, 0.15) is 20.3 Å². The van der Waals surface area contributed by atoms with Crippen LogP contribution in [0.3, 0.4) is 0 Å². The number of carbonyl (C=O) groups is 1. The number of nitrogens with one attached hydrogen (secondary N) is 2. The molecule has 3 heteroatoms. The average molecular weight is 182 g/mol. The predicted octanol–water partition coefficient (Wildman–Crippen LogP) is 0.677. The molecule has 2 unspecified atom stereocenters. The number of allylic oxidation sites excluding steroid dienone is 1. The molecule has 0 spiro atoms. The highest BCUT2D eigenvalue weighted by Crippen LogP contribution is 2.11. The molecule has 1 amide bonds. The van der Waals surface area contributed by atoms with E-state index >= 15 is 0 Å². The van der Waals surface area contributed by atoms with Crippen LogP contribution < -0.4 is 10.6 Å². The van der Waals surface area contributed by atoms with Gasteiger partial charge in [0.05, 0.1) is 6.04 Å². The molecule has 0 bridgehead atoms. The zero-order valence-electron chi connectivity index (χ0n) is 8.34. The second kappa shape index (κ2) is 5.02. The van der Waals surface area contributed by atoms with E-state index in [1.807, 2.05) is 19.1 Å². The van der Waals surface area contributed by atoms with Crippen LogP contribution in [0.2, 0.25) is 0 Å². The smallest absolute Gasteiger partial charge is 0.237 e. The molecular formula is C10H18N2O. The van der Waals surface area contributed by atoms with Crippen molar-refractivity contribution in [2.75, 3.05) is 13.1 Å². The van der Waals surface area contributed by atoms with E-state index in [2.05, 4.69) is 17.6 Å². The van der Waals surface area contributed by atoms with Gasteiger partial charge in [-0.2, -0.15) is 0 Å². The molecule has 0 radical (unpaired) electrons. The molecule has 0 aliphatic carbocycles. The Hall–Kier alpha value is -0.830. The van der Waals surface area contributed by atoms with Crippen LogP contribution in [0.15, 0.2) is 12.2 Å². The maximum atomic E-state index is 11.4. The normalized spacial score (nSPS) is 29.2. The highest BCUT2D eigenvalue weighted by Gasteiger charge is 2.27. The van der Waals surface area contributed by atoms with E-state index in [0.717, 1.165) is 19.5 Å². The van der Waals surface area contributed by atoms with Gasteiger partial charge >= 0.3 is 0 Å². The van der Waals surface area contributed by atoms with Gasteiger partial charge in [-0.3, -0.25) is 4.79 Å². The molecule has 1 fully saturated rings. The molecule has 1 rings (SSSR count). The van der Waals surface area contributed by atoms with Gasteiger partial charge < -0.3 is 10.6 Å². The highest BCUT2D eigenvalue weighted by molar-refractivity contribution is 5.82. The minimum atomic E-state index is -0.00931. The van der Waals surface area contributed by atoms with E-state index in [1.54, 1.807) is 0 Å². The zero-order valence-corrected chi connectivity index (χ0v) is 8.34. The monoisotopic (exact) mass is 182 g/mol. The van der Waals surface area contributed by atoms with Crippen molar-refractivity contribution in [2.24, 2.45) is 5.92 Å². The SMILES string of the molecule is C/C=C/CNC1C(=O)NCCC1C. The third-order valence-corrected chi connectivity index (χ3v) is 2.44. The fraction of sp³-hybridized carbons (Fsp3) is 0.700. The Labute approximate surface area is 79.6 Å². The number of hydrogen-bond donors (Lipinski definition) is 2. The molecule has 3 nitrogen and oxygen atoms in total. The molecule has 1 aliphatic heterocycles. The lowest BCUT2D eigenvalue weighted by Crippen LogP contribution is -2.52. The average Bonchev–Trinajstić information content (AvgIpc) is 2.10.